The number of rotatable bonds is 4. The van der Waals surface area contributed by atoms with E-state index in [-0.39, 0.29) is 0 Å². The number of aromatic amines is 1. The standard InChI is InChI=1S/C13H12BrNS.H3O4P/c14-12-1-3-13(4-2-12)16-10-7-11-5-8-15-9-6-11;1-5(2,3)4/h1-6,8-9H,7,10H2;(H3,1,2,3,4). The minimum Gasteiger partial charge on any atom is -0.756 e. The van der Waals surface area contributed by atoms with Crippen molar-refractivity contribution < 1.29 is 24.2 Å². The summed E-state index contributed by atoms with van der Waals surface area (Å²) in [6.07, 6.45) is 5.05. The average molecular weight is 392 g/mol. The predicted octanol–water partition coefficient (Wildman–Crippen LogP) is 2.04. The fourth-order valence-corrected chi connectivity index (χ4v) is 2.57. The third kappa shape index (κ3) is 10.6. The van der Waals surface area contributed by atoms with Gasteiger partial charge in [-0.15, -0.1) is 11.8 Å². The first-order valence-corrected chi connectivity index (χ1v) is 9.25. The molecule has 0 radical (unpaired) electrons. The third-order valence-electron chi connectivity index (χ3n) is 2.26. The van der Waals surface area contributed by atoms with Crippen LogP contribution in [0.4, 0.5) is 0 Å². The van der Waals surface area contributed by atoms with E-state index in [2.05, 4.69) is 57.3 Å². The number of aromatic nitrogens is 1. The van der Waals surface area contributed by atoms with Gasteiger partial charge in [0.25, 0.3) is 7.82 Å². The highest BCUT2D eigenvalue weighted by atomic mass is 79.9. The van der Waals surface area contributed by atoms with Gasteiger partial charge in [-0.05, 0) is 36.2 Å². The van der Waals surface area contributed by atoms with Crippen molar-refractivity contribution in [1.29, 1.82) is 0 Å². The molecule has 3 N–H and O–H groups in total. The second kappa shape index (κ2) is 9.35. The zero-order valence-corrected chi connectivity index (χ0v) is 14.3. The molecule has 0 amide bonds. The average Bonchev–Trinajstić information content (AvgIpc) is 2.40. The van der Waals surface area contributed by atoms with Crippen LogP contribution in [0.25, 0.3) is 0 Å². The lowest BCUT2D eigenvalue weighted by atomic mass is 10.2. The van der Waals surface area contributed by atoms with Crippen LogP contribution >= 0.6 is 35.5 Å². The number of benzene rings is 1. The molecule has 0 aliphatic carbocycles. The van der Waals surface area contributed by atoms with Crippen LogP contribution in [-0.4, -0.2) is 15.5 Å². The smallest absolute Gasteiger partial charge is 0.262 e. The molecular formula is C13H15BrNO4PS. The van der Waals surface area contributed by atoms with Crippen molar-refractivity contribution in [3.63, 3.8) is 0 Å². The molecule has 0 bridgehead atoms. The van der Waals surface area contributed by atoms with Gasteiger partial charge >= 0.3 is 0 Å². The summed E-state index contributed by atoms with van der Waals surface area (Å²) >= 11 is 5.33. The Hall–Kier alpha value is -0.690. The number of aryl methyl sites for hydroxylation is 1. The maximum Gasteiger partial charge on any atom is 0.262 e. The number of nitrogens with one attached hydrogen (secondary N) is 1. The molecule has 8 heteroatoms. The molecule has 1 aromatic carbocycles. The summed E-state index contributed by atoms with van der Waals surface area (Å²) < 4.78 is 9.91. The maximum absolute atomic E-state index is 8.77. The van der Waals surface area contributed by atoms with E-state index in [1.807, 2.05) is 24.2 Å². The summed E-state index contributed by atoms with van der Waals surface area (Å²) in [5.41, 5.74) is 1.38. The number of phosphoric acid groups is 1. The van der Waals surface area contributed by atoms with Gasteiger partial charge in [0.2, 0.25) is 0 Å². The van der Waals surface area contributed by atoms with Crippen LogP contribution < -0.4 is 9.88 Å². The molecule has 0 spiro atoms. The third-order valence-corrected chi connectivity index (χ3v) is 3.80. The number of pyridine rings is 1. The van der Waals surface area contributed by atoms with Crippen molar-refractivity contribution in [2.75, 3.05) is 5.75 Å². The van der Waals surface area contributed by atoms with E-state index in [1.165, 1.54) is 10.5 Å². The SMILES string of the molecule is Brc1ccc(SCCc2cc[nH+]cc2)cc1.O=P([O-])(O)O. The summed E-state index contributed by atoms with van der Waals surface area (Å²) in [5.74, 6) is 1.12. The number of hydrogen-bond donors (Lipinski definition) is 2. The van der Waals surface area contributed by atoms with Gasteiger partial charge in [-0.25, -0.2) is 4.98 Å². The van der Waals surface area contributed by atoms with E-state index in [4.69, 9.17) is 19.2 Å². The summed E-state index contributed by atoms with van der Waals surface area (Å²) in [7, 11) is -4.89. The van der Waals surface area contributed by atoms with Crippen molar-refractivity contribution >= 4 is 35.5 Å². The summed E-state index contributed by atoms with van der Waals surface area (Å²) in [6.45, 7) is 0. The first kappa shape index (κ1) is 18.4. The van der Waals surface area contributed by atoms with E-state index in [1.54, 1.807) is 0 Å². The Balaban J connectivity index is 0.000000383. The number of hydrogen-bond acceptors (Lipinski definition) is 3. The normalized spacial score (nSPS) is 10.7. The molecule has 2 aromatic rings. The van der Waals surface area contributed by atoms with Gasteiger partial charge in [0.05, 0.1) is 0 Å². The molecular weight excluding hydrogens is 377 g/mol. The first-order chi connectivity index (χ1) is 9.84. The van der Waals surface area contributed by atoms with Crippen molar-refractivity contribution in [3.05, 3.63) is 58.8 Å². The zero-order valence-electron chi connectivity index (χ0n) is 11.0. The predicted molar refractivity (Wildman–Crippen MR) is 83.6 cm³/mol. The maximum atomic E-state index is 8.77. The van der Waals surface area contributed by atoms with Crippen molar-refractivity contribution in [2.24, 2.45) is 0 Å². The van der Waals surface area contributed by atoms with Crippen molar-refractivity contribution in [1.82, 2.24) is 0 Å². The summed E-state index contributed by atoms with van der Waals surface area (Å²) in [5, 5.41) is 0. The molecule has 0 aliphatic rings. The highest BCUT2D eigenvalue weighted by molar-refractivity contribution is 9.10. The van der Waals surface area contributed by atoms with Crippen LogP contribution in [0.1, 0.15) is 5.56 Å². The van der Waals surface area contributed by atoms with Gasteiger partial charge in [-0.3, -0.25) is 4.57 Å². The molecule has 114 valence electrons. The Morgan fingerprint density at radius 3 is 2.19 bits per heavy atom. The molecule has 1 aromatic heterocycles. The van der Waals surface area contributed by atoms with E-state index < -0.39 is 7.82 Å². The Morgan fingerprint density at radius 1 is 1.14 bits per heavy atom. The fourth-order valence-electron chi connectivity index (χ4n) is 1.41. The quantitative estimate of drug-likeness (QED) is 0.614. The second-order valence-corrected chi connectivity index (χ2v) is 7.02. The molecule has 0 atom stereocenters. The molecule has 2 rings (SSSR count). The van der Waals surface area contributed by atoms with Crippen LogP contribution in [0, 0.1) is 0 Å². The van der Waals surface area contributed by atoms with E-state index in [0.29, 0.717) is 0 Å². The number of H-pyrrole nitrogens is 1. The van der Waals surface area contributed by atoms with Gasteiger partial charge in [-0.2, -0.15) is 0 Å². The van der Waals surface area contributed by atoms with Crippen molar-refractivity contribution in [3.8, 4) is 0 Å². The van der Waals surface area contributed by atoms with Crippen LogP contribution in [0.15, 0.2) is 58.2 Å². The zero-order chi connectivity index (χ0) is 15.7. The molecule has 0 saturated heterocycles. The van der Waals surface area contributed by atoms with E-state index in [9.17, 15) is 0 Å². The van der Waals surface area contributed by atoms with Gasteiger partial charge in [0.15, 0.2) is 12.4 Å². The topological polar surface area (TPSA) is 94.7 Å². The molecule has 0 unspecified atom stereocenters. The van der Waals surface area contributed by atoms with Crippen LogP contribution in [-0.2, 0) is 11.0 Å². The lowest BCUT2D eigenvalue weighted by Crippen LogP contribution is -1.99. The van der Waals surface area contributed by atoms with Crippen LogP contribution in [0.3, 0.4) is 0 Å². The Kier molecular flexibility index (Phi) is 8.18. The lowest BCUT2D eigenvalue weighted by Gasteiger charge is -2.01. The Morgan fingerprint density at radius 2 is 1.67 bits per heavy atom. The minimum atomic E-state index is -4.89. The van der Waals surface area contributed by atoms with Gasteiger partial charge in [-0.1, -0.05) is 15.9 Å². The van der Waals surface area contributed by atoms with Crippen molar-refractivity contribution in [2.45, 2.75) is 11.3 Å². The fraction of sp³-hybridized carbons (Fsp3) is 0.154. The Labute approximate surface area is 135 Å². The molecule has 0 fully saturated rings. The van der Waals surface area contributed by atoms with Crippen LogP contribution in [0.2, 0.25) is 0 Å². The first-order valence-electron chi connectivity index (χ1n) is 5.94. The minimum absolute atomic E-state index is 1.11. The molecule has 0 saturated carbocycles. The lowest BCUT2D eigenvalue weighted by molar-refractivity contribution is -0.378. The largest absolute Gasteiger partial charge is 0.756 e. The molecule has 5 nitrogen and oxygen atoms in total. The van der Waals surface area contributed by atoms with Gasteiger partial charge in [0, 0.05) is 27.3 Å². The highest BCUT2D eigenvalue weighted by Crippen LogP contribution is 2.21. The molecule has 1 heterocycles. The van der Waals surface area contributed by atoms with Gasteiger partial charge in [0.1, 0.15) is 0 Å². The second-order valence-electron chi connectivity index (χ2n) is 3.95. The summed E-state index contributed by atoms with van der Waals surface area (Å²) in [6, 6.07) is 12.7. The summed E-state index contributed by atoms with van der Waals surface area (Å²) in [4.78, 5) is 27.3. The molecule has 21 heavy (non-hydrogen) atoms. The van der Waals surface area contributed by atoms with E-state index >= 15 is 0 Å². The Bertz CT molecular complexity index is 568. The molecule has 0 aliphatic heterocycles. The van der Waals surface area contributed by atoms with Gasteiger partial charge < -0.3 is 14.7 Å². The monoisotopic (exact) mass is 391 g/mol. The van der Waals surface area contributed by atoms with E-state index in [0.717, 1.165) is 16.6 Å². The van der Waals surface area contributed by atoms with Crippen LogP contribution in [0.5, 0.6) is 0 Å². The number of thioether (sulfide) groups is 1. The number of halogens is 1. The highest BCUT2D eigenvalue weighted by Gasteiger charge is 1.96.